The summed E-state index contributed by atoms with van der Waals surface area (Å²) in [6.07, 6.45) is 5.90. The molecule has 2 aromatic rings. The van der Waals surface area contributed by atoms with Gasteiger partial charge in [-0.1, -0.05) is 39.7 Å². The number of nitro benzene ring substituents is 1. The van der Waals surface area contributed by atoms with Crippen LogP contribution in [0.5, 0.6) is 5.75 Å². The lowest BCUT2D eigenvalue weighted by Crippen LogP contribution is -2.28. The Bertz CT molecular complexity index is 1310. The van der Waals surface area contributed by atoms with Gasteiger partial charge in [0.15, 0.2) is 6.61 Å². The summed E-state index contributed by atoms with van der Waals surface area (Å²) in [5.74, 6) is -2.33. The fourth-order valence-corrected chi connectivity index (χ4v) is 5.57. The highest BCUT2D eigenvalue weighted by Crippen LogP contribution is 2.52. The number of amides is 3. The van der Waals surface area contributed by atoms with Crippen molar-refractivity contribution in [2.45, 2.75) is 6.42 Å². The molecule has 184 valence electrons. The summed E-state index contributed by atoms with van der Waals surface area (Å²) in [7, 11) is 0. The van der Waals surface area contributed by atoms with Gasteiger partial charge >= 0.3 is 5.69 Å². The number of carbonyl (C=O) groups excluding carboxylic acids is 3. The van der Waals surface area contributed by atoms with E-state index >= 15 is 0 Å². The molecule has 2 bridgehead atoms. The van der Waals surface area contributed by atoms with Gasteiger partial charge in [-0.3, -0.25) is 24.5 Å². The maximum Gasteiger partial charge on any atom is 0.312 e. The third-order valence-electron chi connectivity index (χ3n) is 6.49. The molecular formula is C24H18BrClN4O6. The topological polar surface area (TPSA) is 131 Å². The summed E-state index contributed by atoms with van der Waals surface area (Å²) in [5, 5.41) is 19.7. The third kappa shape index (κ3) is 4.40. The minimum Gasteiger partial charge on any atom is -0.476 e. The lowest BCUT2D eigenvalue weighted by Gasteiger charge is -2.13. The number of benzene rings is 2. The van der Waals surface area contributed by atoms with Gasteiger partial charge in [-0.05, 0) is 48.6 Å². The molecular weight excluding hydrogens is 556 g/mol. The zero-order valence-electron chi connectivity index (χ0n) is 18.5. The standard InChI is InChI=1S/C24H18BrClN4O6/c25-15-8-14(10-27-29-23(32)20-12-1-2-13(7-12)21(20)24(29)33)22(18(9-15)30(34)35)36-11-19(31)28-17-5-3-16(26)4-6-17/h1-6,8-10,12-13,20-21H,7,11H2,(H,28,31)/t12-,13-,20-,21+/m0/s1. The molecule has 1 N–H and O–H groups in total. The molecule has 12 heteroatoms. The number of rotatable bonds is 7. The number of allylic oxidation sites excluding steroid dienone is 2. The fraction of sp³-hybridized carbons (Fsp3) is 0.250. The van der Waals surface area contributed by atoms with E-state index < -0.39 is 35.0 Å². The van der Waals surface area contributed by atoms with Crippen LogP contribution in [0.25, 0.3) is 0 Å². The number of nitro groups is 1. The summed E-state index contributed by atoms with van der Waals surface area (Å²) in [5.41, 5.74) is 0.178. The number of hydrazone groups is 1. The molecule has 10 nitrogen and oxygen atoms in total. The average Bonchev–Trinajstić information content (AvgIpc) is 3.52. The van der Waals surface area contributed by atoms with Gasteiger partial charge < -0.3 is 10.1 Å². The van der Waals surface area contributed by atoms with E-state index in [4.69, 9.17) is 16.3 Å². The van der Waals surface area contributed by atoms with Crippen molar-refractivity contribution in [3.8, 4) is 5.75 Å². The van der Waals surface area contributed by atoms with E-state index in [-0.39, 0.29) is 35.0 Å². The molecule has 2 fully saturated rings. The summed E-state index contributed by atoms with van der Waals surface area (Å²) in [4.78, 5) is 49.2. The molecule has 1 saturated heterocycles. The predicted molar refractivity (Wildman–Crippen MR) is 134 cm³/mol. The Morgan fingerprint density at radius 3 is 2.44 bits per heavy atom. The first kappa shape index (κ1) is 24.1. The first-order valence-corrected chi connectivity index (χ1v) is 12.2. The van der Waals surface area contributed by atoms with E-state index in [0.29, 0.717) is 15.2 Å². The van der Waals surface area contributed by atoms with Gasteiger partial charge in [0.05, 0.1) is 23.0 Å². The Labute approximate surface area is 218 Å². The van der Waals surface area contributed by atoms with Gasteiger partial charge in [-0.15, -0.1) is 0 Å². The summed E-state index contributed by atoms with van der Waals surface area (Å²) in [6, 6.07) is 9.11. The zero-order valence-corrected chi connectivity index (χ0v) is 20.8. The molecule has 0 spiro atoms. The van der Waals surface area contributed by atoms with E-state index in [2.05, 4.69) is 26.3 Å². The van der Waals surface area contributed by atoms with Crippen molar-refractivity contribution < 1.29 is 24.0 Å². The van der Waals surface area contributed by atoms with Gasteiger partial charge in [0.1, 0.15) is 0 Å². The molecule has 3 amide bonds. The molecule has 0 radical (unpaired) electrons. The molecule has 2 aliphatic carbocycles. The molecule has 0 unspecified atom stereocenters. The van der Waals surface area contributed by atoms with Gasteiger partial charge in [-0.25, -0.2) is 0 Å². The number of anilines is 1. The zero-order chi connectivity index (χ0) is 25.6. The lowest BCUT2D eigenvalue weighted by atomic mass is 9.85. The maximum absolute atomic E-state index is 12.9. The quantitative estimate of drug-likeness (QED) is 0.174. The van der Waals surface area contributed by atoms with Crippen LogP contribution in [0, 0.1) is 33.8 Å². The van der Waals surface area contributed by atoms with Crippen molar-refractivity contribution in [2.75, 3.05) is 11.9 Å². The van der Waals surface area contributed by atoms with Crippen LogP contribution in [-0.2, 0) is 14.4 Å². The Morgan fingerprint density at radius 1 is 1.19 bits per heavy atom. The number of ether oxygens (including phenoxy) is 1. The predicted octanol–water partition coefficient (Wildman–Crippen LogP) is 4.17. The number of halogens is 2. The van der Waals surface area contributed by atoms with Gasteiger partial charge in [-0.2, -0.15) is 10.1 Å². The monoisotopic (exact) mass is 572 g/mol. The molecule has 1 saturated carbocycles. The van der Waals surface area contributed by atoms with Gasteiger partial charge in [0.2, 0.25) is 5.75 Å². The normalized spacial score (nSPS) is 24.0. The molecule has 4 atom stereocenters. The first-order chi connectivity index (χ1) is 17.2. The number of imide groups is 1. The number of nitrogens with zero attached hydrogens (tertiary/aromatic N) is 3. The second-order valence-corrected chi connectivity index (χ2v) is 10.0. The number of carbonyl (C=O) groups is 3. The van der Waals surface area contributed by atoms with E-state index in [0.717, 1.165) is 17.6 Å². The maximum atomic E-state index is 12.9. The Balaban J connectivity index is 1.37. The summed E-state index contributed by atoms with van der Waals surface area (Å²) < 4.78 is 5.89. The van der Waals surface area contributed by atoms with Crippen molar-refractivity contribution in [1.29, 1.82) is 0 Å². The number of fused-ring (bicyclic) bond motifs is 5. The minimum atomic E-state index is -0.658. The van der Waals surface area contributed by atoms with Crippen molar-refractivity contribution in [2.24, 2.45) is 28.8 Å². The summed E-state index contributed by atoms with van der Waals surface area (Å²) in [6.45, 7) is -0.535. The van der Waals surface area contributed by atoms with Crippen molar-refractivity contribution in [1.82, 2.24) is 5.01 Å². The highest BCUT2D eigenvalue weighted by Gasteiger charge is 2.59. The van der Waals surface area contributed by atoms with Crippen molar-refractivity contribution >= 4 is 62.8 Å². The molecule has 0 aromatic heterocycles. The van der Waals surface area contributed by atoms with Crippen molar-refractivity contribution in [3.63, 3.8) is 0 Å². The van der Waals surface area contributed by atoms with Crippen LogP contribution in [0.3, 0.4) is 0 Å². The minimum absolute atomic E-state index is 0.0293. The van der Waals surface area contributed by atoms with Crippen LogP contribution in [0.2, 0.25) is 5.02 Å². The van der Waals surface area contributed by atoms with E-state index in [1.165, 1.54) is 12.1 Å². The lowest BCUT2D eigenvalue weighted by molar-refractivity contribution is -0.385. The molecule has 1 aliphatic heterocycles. The van der Waals surface area contributed by atoms with Crippen LogP contribution < -0.4 is 10.1 Å². The number of nitrogens with one attached hydrogen (secondary N) is 1. The average molecular weight is 574 g/mol. The highest BCUT2D eigenvalue weighted by atomic mass is 79.9. The fourth-order valence-electron chi connectivity index (χ4n) is 4.98. The molecule has 3 aliphatic rings. The molecule has 2 aromatic carbocycles. The van der Waals surface area contributed by atoms with Crippen LogP contribution in [-0.4, -0.2) is 40.5 Å². The van der Waals surface area contributed by atoms with Gasteiger partial charge in [0.25, 0.3) is 17.7 Å². The van der Waals surface area contributed by atoms with E-state index in [1.807, 2.05) is 12.2 Å². The SMILES string of the molecule is O=C(COc1c(C=NN2C(=O)[C@@H]3[C@H](C2=O)[C@H]2C=C[C@H]3C2)cc(Br)cc1[N+](=O)[O-])Nc1ccc(Cl)cc1. The summed E-state index contributed by atoms with van der Waals surface area (Å²) >= 11 is 9.06. The Morgan fingerprint density at radius 2 is 1.83 bits per heavy atom. The van der Waals surface area contributed by atoms with E-state index in [9.17, 15) is 24.5 Å². The second kappa shape index (κ2) is 9.47. The van der Waals surface area contributed by atoms with Crippen LogP contribution in [0.15, 0.2) is 58.1 Å². The Hall–Kier alpha value is -3.57. The van der Waals surface area contributed by atoms with Crippen molar-refractivity contribution in [3.05, 3.63) is 73.7 Å². The van der Waals surface area contributed by atoms with E-state index in [1.54, 1.807) is 24.3 Å². The number of hydrogen-bond donors (Lipinski definition) is 1. The molecule has 1 heterocycles. The number of hydrogen-bond acceptors (Lipinski definition) is 7. The highest BCUT2D eigenvalue weighted by molar-refractivity contribution is 9.10. The van der Waals surface area contributed by atoms with Crippen LogP contribution >= 0.6 is 27.5 Å². The molecule has 5 rings (SSSR count). The smallest absolute Gasteiger partial charge is 0.312 e. The second-order valence-electron chi connectivity index (χ2n) is 8.68. The third-order valence-corrected chi connectivity index (χ3v) is 7.20. The molecule has 36 heavy (non-hydrogen) atoms. The largest absolute Gasteiger partial charge is 0.476 e. The Kier molecular flexibility index (Phi) is 6.35. The van der Waals surface area contributed by atoms with Gasteiger partial charge in [0, 0.05) is 26.8 Å². The first-order valence-electron chi connectivity index (χ1n) is 11.0. The van der Waals surface area contributed by atoms with Crippen LogP contribution in [0.1, 0.15) is 12.0 Å². The van der Waals surface area contributed by atoms with Crippen LogP contribution in [0.4, 0.5) is 11.4 Å².